The molecule has 1 atom stereocenters. The number of ether oxygens (including phenoxy) is 1. The maximum atomic E-state index is 13.7. The van der Waals surface area contributed by atoms with Crippen molar-refractivity contribution in [3.05, 3.63) is 35.1 Å². The third-order valence-electron chi connectivity index (χ3n) is 2.73. The van der Waals surface area contributed by atoms with Crippen LogP contribution >= 0.6 is 0 Å². The van der Waals surface area contributed by atoms with Crippen LogP contribution < -0.4 is 10.6 Å². The Morgan fingerprint density at radius 3 is 2.90 bits per heavy atom. The fourth-order valence-corrected chi connectivity index (χ4v) is 1.77. The van der Waals surface area contributed by atoms with Gasteiger partial charge in [0.25, 0.3) is 0 Å². The second-order valence-corrected chi connectivity index (χ2v) is 4.61. The molecule has 0 saturated heterocycles. The zero-order chi connectivity index (χ0) is 15.7. The molecule has 21 heavy (non-hydrogen) atoms. The average Bonchev–Trinajstić information content (AvgIpc) is 2.46. The number of nitrogens with zero attached hydrogens (tertiary/aromatic N) is 2. The summed E-state index contributed by atoms with van der Waals surface area (Å²) in [5.74, 6) is 0.224. The minimum atomic E-state index is -0.362. The Kier molecular flexibility index (Phi) is 7.19. The molecule has 0 spiro atoms. The number of rotatable bonds is 6. The molecule has 1 unspecified atom stereocenters. The molecule has 0 aliphatic rings. The Morgan fingerprint density at radius 1 is 1.52 bits per heavy atom. The van der Waals surface area contributed by atoms with Crippen LogP contribution in [-0.2, 0) is 11.3 Å². The van der Waals surface area contributed by atoms with Gasteiger partial charge in [-0.05, 0) is 32.0 Å². The number of guanidine groups is 1. The van der Waals surface area contributed by atoms with Gasteiger partial charge in [0.15, 0.2) is 5.96 Å². The highest BCUT2D eigenvalue weighted by atomic mass is 19.1. The molecule has 1 aromatic carbocycles. The first kappa shape index (κ1) is 16.9. The summed E-state index contributed by atoms with van der Waals surface area (Å²) >= 11 is 0. The fraction of sp³-hybridized carbons (Fsp3) is 0.467. The summed E-state index contributed by atoms with van der Waals surface area (Å²) < 4.78 is 18.7. The standard InChI is InChI=1S/C15H21FN4O/c1-4-18-15(20-11(2)10-21-3)19-9-13-7-12(8-17)5-6-14(13)16/h5-7,11H,4,9-10H2,1-3H3,(H2,18,19,20). The highest BCUT2D eigenvalue weighted by Crippen LogP contribution is 2.11. The van der Waals surface area contributed by atoms with E-state index in [0.29, 0.717) is 30.2 Å². The molecule has 5 nitrogen and oxygen atoms in total. The molecule has 0 amide bonds. The predicted octanol–water partition coefficient (Wildman–Crippen LogP) is 1.79. The molecule has 0 aliphatic carbocycles. The Hall–Kier alpha value is -2.13. The van der Waals surface area contributed by atoms with Gasteiger partial charge in [-0.15, -0.1) is 0 Å². The molecule has 6 heteroatoms. The van der Waals surface area contributed by atoms with E-state index >= 15 is 0 Å². The van der Waals surface area contributed by atoms with Gasteiger partial charge >= 0.3 is 0 Å². The molecule has 0 aliphatic heterocycles. The van der Waals surface area contributed by atoms with E-state index in [-0.39, 0.29) is 18.4 Å². The fourth-order valence-electron chi connectivity index (χ4n) is 1.77. The lowest BCUT2D eigenvalue weighted by Crippen LogP contribution is -2.43. The third kappa shape index (κ3) is 5.79. The minimum absolute atomic E-state index is 0.0862. The molecule has 0 fully saturated rings. The van der Waals surface area contributed by atoms with E-state index in [9.17, 15) is 4.39 Å². The van der Waals surface area contributed by atoms with Crippen molar-refractivity contribution in [2.45, 2.75) is 26.4 Å². The molecule has 0 bridgehead atoms. The summed E-state index contributed by atoms with van der Waals surface area (Å²) in [6.45, 7) is 5.33. The maximum Gasteiger partial charge on any atom is 0.191 e. The number of aliphatic imine (C=N–C) groups is 1. The molecule has 0 heterocycles. The van der Waals surface area contributed by atoms with Crippen LogP contribution in [0.4, 0.5) is 4.39 Å². The van der Waals surface area contributed by atoms with Gasteiger partial charge in [-0.25, -0.2) is 9.38 Å². The quantitative estimate of drug-likeness (QED) is 0.619. The van der Waals surface area contributed by atoms with E-state index in [0.717, 1.165) is 0 Å². The molecular formula is C15H21FN4O. The van der Waals surface area contributed by atoms with Gasteiger partial charge in [0.05, 0.1) is 24.8 Å². The molecule has 1 rings (SSSR count). The van der Waals surface area contributed by atoms with Crippen molar-refractivity contribution < 1.29 is 9.13 Å². The lowest BCUT2D eigenvalue weighted by atomic mass is 10.1. The van der Waals surface area contributed by atoms with Crippen molar-refractivity contribution >= 4 is 5.96 Å². The summed E-state index contributed by atoms with van der Waals surface area (Å²) in [6.07, 6.45) is 0. The van der Waals surface area contributed by atoms with Crippen molar-refractivity contribution in [1.29, 1.82) is 5.26 Å². The van der Waals surface area contributed by atoms with Crippen LogP contribution in [0.25, 0.3) is 0 Å². The van der Waals surface area contributed by atoms with Gasteiger partial charge in [0.2, 0.25) is 0 Å². The van der Waals surface area contributed by atoms with Gasteiger partial charge in [0, 0.05) is 25.3 Å². The molecule has 0 radical (unpaired) electrons. The van der Waals surface area contributed by atoms with Gasteiger partial charge < -0.3 is 15.4 Å². The molecule has 1 aromatic rings. The van der Waals surface area contributed by atoms with E-state index < -0.39 is 0 Å². The van der Waals surface area contributed by atoms with Gasteiger partial charge in [-0.2, -0.15) is 5.26 Å². The summed E-state index contributed by atoms with van der Waals surface area (Å²) in [5, 5.41) is 15.1. The number of nitrogens with one attached hydrogen (secondary N) is 2. The minimum Gasteiger partial charge on any atom is -0.383 e. The second kappa shape index (κ2) is 8.93. The van der Waals surface area contributed by atoms with Crippen LogP contribution in [0.5, 0.6) is 0 Å². The van der Waals surface area contributed by atoms with E-state index in [2.05, 4.69) is 15.6 Å². The normalized spacial score (nSPS) is 12.6. The zero-order valence-corrected chi connectivity index (χ0v) is 12.6. The van der Waals surface area contributed by atoms with E-state index in [1.165, 1.54) is 18.2 Å². The highest BCUT2D eigenvalue weighted by Gasteiger charge is 2.06. The van der Waals surface area contributed by atoms with Crippen molar-refractivity contribution in [2.75, 3.05) is 20.3 Å². The first-order valence-electron chi connectivity index (χ1n) is 6.83. The monoisotopic (exact) mass is 292 g/mol. The molecule has 0 saturated carbocycles. The molecule has 2 N–H and O–H groups in total. The predicted molar refractivity (Wildman–Crippen MR) is 80.4 cm³/mol. The van der Waals surface area contributed by atoms with Crippen LogP contribution in [0.2, 0.25) is 0 Å². The summed E-state index contributed by atoms with van der Waals surface area (Å²) in [7, 11) is 1.63. The number of methoxy groups -OCH3 is 1. The lowest BCUT2D eigenvalue weighted by Gasteiger charge is -2.17. The lowest BCUT2D eigenvalue weighted by molar-refractivity contribution is 0.179. The summed E-state index contributed by atoms with van der Waals surface area (Å²) in [4.78, 5) is 4.33. The van der Waals surface area contributed by atoms with Gasteiger partial charge in [-0.1, -0.05) is 0 Å². The SMILES string of the molecule is CCNC(=NCc1cc(C#N)ccc1F)NC(C)COC. The number of hydrogen-bond donors (Lipinski definition) is 2. The van der Waals surface area contributed by atoms with E-state index in [4.69, 9.17) is 10.00 Å². The van der Waals surface area contributed by atoms with Crippen LogP contribution in [0.3, 0.4) is 0 Å². The van der Waals surface area contributed by atoms with Crippen molar-refractivity contribution in [1.82, 2.24) is 10.6 Å². The van der Waals surface area contributed by atoms with Crippen molar-refractivity contribution in [3.63, 3.8) is 0 Å². The van der Waals surface area contributed by atoms with Crippen molar-refractivity contribution in [2.24, 2.45) is 4.99 Å². The third-order valence-corrected chi connectivity index (χ3v) is 2.73. The summed E-state index contributed by atoms with van der Waals surface area (Å²) in [6, 6.07) is 6.33. The first-order chi connectivity index (χ1) is 10.1. The van der Waals surface area contributed by atoms with E-state index in [1.807, 2.05) is 19.9 Å². The van der Waals surface area contributed by atoms with Crippen LogP contribution in [0.15, 0.2) is 23.2 Å². The van der Waals surface area contributed by atoms with Gasteiger partial charge in [-0.3, -0.25) is 0 Å². The number of hydrogen-bond acceptors (Lipinski definition) is 3. The number of halogens is 1. The van der Waals surface area contributed by atoms with Crippen LogP contribution in [0.1, 0.15) is 25.0 Å². The van der Waals surface area contributed by atoms with E-state index in [1.54, 1.807) is 7.11 Å². The Balaban J connectivity index is 2.80. The zero-order valence-electron chi connectivity index (χ0n) is 12.6. The van der Waals surface area contributed by atoms with Crippen LogP contribution in [0, 0.1) is 17.1 Å². The largest absolute Gasteiger partial charge is 0.383 e. The average molecular weight is 292 g/mol. The van der Waals surface area contributed by atoms with Crippen molar-refractivity contribution in [3.8, 4) is 6.07 Å². The molecule has 0 aromatic heterocycles. The Morgan fingerprint density at radius 2 is 2.29 bits per heavy atom. The number of benzene rings is 1. The number of nitriles is 1. The molecular weight excluding hydrogens is 271 g/mol. The summed E-state index contributed by atoms with van der Waals surface area (Å²) in [5.41, 5.74) is 0.818. The maximum absolute atomic E-state index is 13.7. The van der Waals surface area contributed by atoms with Gasteiger partial charge in [0.1, 0.15) is 5.82 Å². The Labute approximate surface area is 124 Å². The smallest absolute Gasteiger partial charge is 0.191 e. The Bertz CT molecular complexity index is 525. The first-order valence-corrected chi connectivity index (χ1v) is 6.83. The molecule has 114 valence electrons. The topological polar surface area (TPSA) is 69.4 Å². The highest BCUT2D eigenvalue weighted by molar-refractivity contribution is 5.80. The second-order valence-electron chi connectivity index (χ2n) is 4.61. The van der Waals surface area contributed by atoms with Crippen LogP contribution in [-0.4, -0.2) is 32.3 Å².